The average molecular weight is 317 g/mol. The van der Waals surface area contributed by atoms with E-state index in [0.29, 0.717) is 0 Å². The monoisotopic (exact) mass is 317 g/mol. The van der Waals surface area contributed by atoms with Gasteiger partial charge in [-0.2, -0.15) is 0 Å². The lowest BCUT2D eigenvalue weighted by atomic mass is 10.2. The van der Waals surface area contributed by atoms with Crippen LogP contribution < -0.4 is 5.23 Å². The molecule has 0 amide bonds. The van der Waals surface area contributed by atoms with Gasteiger partial charge in [0.15, 0.2) is 0 Å². The molecular formula is C9H8IN3O2. The van der Waals surface area contributed by atoms with Crippen molar-refractivity contribution in [3.05, 3.63) is 45.2 Å². The highest BCUT2D eigenvalue weighted by atomic mass is 127. The van der Waals surface area contributed by atoms with Gasteiger partial charge in [-0.25, -0.2) is 15.4 Å². The summed E-state index contributed by atoms with van der Waals surface area (Å²) in [7, 11) is 0. The highest BCUT2D eigenvalue weighted by molar-refractivity contribution is 14.1. The van der Waals surface area contributed by atoms with Gasteiger partial charge in [0.05, 0.1) is 6.20 Å². The maximum Gasteiger partial charge on any atom is 0.138 e. The zero-order valence-electron chi connectivity index (χ0n) is 7.59. The quantitative estimate of drug-likeness (QED) is 0.632. The summed E-state index contributed by atoms with van der Waals surface area (Å²) in [6.45, 7) is 0. The third-order valence-corrected chi connectivity index (χ3v) is 2.71. The van der Waals surface area contributed by atoms with E-state index in [1.54, 1.807) is 12.3 Å². The number of nitrogens with zero attached hydrogens (tertiary/aromatic N) is 2. The minimum Gasteiger partial charge on any atom is -0.595 e. The van der Waals surface area contributed by atoms with Crippen LogP contribution in [0.25, 0.3) is 11.7 Å². The van der Waals surface area contributed by atoms with E-state index in [-0.39, 0.29) is 0 Å². The molecule has 0 aromatic carbocycles. The number of imidazole rings is 1. The van der Waals surface area contributed by atoms with E-state index in [9.17, 15) is 5.21 Å². The third-order valence-electron chi connectivity index (χ3n) is 1.91. The van der Waals surface area contributed by atoms with Gasteiger partial charge in [0.25, 0.3) is 0 Å². The number of halogens is 1. The Balaban J connectivity index is 2.39. The second-order valence-electron chi connectivity index (χ2n) is 2.94. The smallest absolute Gasteiger partial charge is 0.138 e. The highest BCUT2D eigenvalue weighted by Gasteiger charge is 1.99. The second-order valence-corrected chi connectivity index (χ2v) is 4.05. The van der Waals surface area contributed by atoms with Gasteiger partial charge in [0.1, 0.15) is 15.5 Å². The largest absolute Gasteiger partial charge is 0.595 e. The minimum atomic E-state index is -0.951. The molecule has 0 aliphatic heterocycles. The van der Waals surface area contributed by atoms with Crippen molar-refractivity contribution in [1.82, 2.24) is 9.38 Å². The first-order valence-corrected chi connectivity index (χ1v) is 5.28. The van der Waals surface area contributed by atoms with Crippen molar-refractivity contribution in [2.45, 2.75) is 0 Å². The number of rotatable bonds is 2. The number of pyridine rings is 1. The molecular weight excluding hydrogens is 309 g/mol. The average Bonchev–Trinajstić information content (AvgIpc) is 2.57. The molecule has 2 N–H and O–H groups in total. The van der Waals surface area contributed by atoms with Crippen molar-refractivity contribution < 1.29 is 10.4 Å². The van der Waals surface area contributed by atoms with Crippen LogP contribution in [-0.2, 0) is 0 Å². The van der Waals surface area contributed by atoms with Crippen LogP contribution in [0.2, 0.25) is 0 Å². The standard InChI is InChI=1S/C9H8IN3O2/c10-8-6-11-9-5-7(1-3-12(8)9)2-4-13(14)15/h1-6,13-14H/b4-2+. The fourth-order valence-electron chi connectivity index (χ4n) is 1.24. The number of fused-ring (bicyclic) bond motifs is 1. The molecule has 0 bridgehead atoms. The third kappa shape index (κ3) is 2.34. The molecule has 0 saturated heterocycles. The summed E-state index contributed by atoms with van der Waals surface area (Å²) >= 11 is 2.19. The van der Waals surface area contributed by atoms with E-state index in [2.05, 4.69) is 27.6 Å². The number of quaternary nitrogens is 1. The molecule has 0 aliphatic rings. The summed E-state index contributed by atoms with van der Waals surface area (Å²) in [5, 5.41) is 17.9. The van der Waals surface area contributed by atoms with E-state index >= 15 is 0 Å². The van der Waals surface area contributed by atoms with E-state index in [0.717, 1.165) is 21.1 Å². The maximum absolute atomic E-state index is 10.3. The van der Waals surface area contributed by atoms with Crippen molar-refractivity contribution in [3.8, 4) is 0 Å². The van der Waals surface area contributed by atoms with E-state index in [4.69, 9.17) is 5.21 Å². The van der Waals surface area contributed by atoms with Crippen LogP contribution in [0.15, 0.2) is 30.7 Å². The van der Waals surface area contributed by atoms with Crippen LogP contribution in [0.5, 0.6) is 0 Å². The summed E-state index contributed by atoms with van der Waals surface area (Å²) in [6.07, 6.45) is 6.29. The molecule has 0 spiro atoms. The van der Waals surface area contributed by atoms with Gasteiger partial charge in [-0.1, -0.05) is 0 Å². The van der Waals surface area contributed by atoms with Crippen LogP contribution in [0.1, 0.15) is 5.56 Å². The molecule has 2 rings (SSSR count). The maximum atomic E-state index is 10.3. The predicted octanol–water partition coefficient (Wildman–Crippen LogP) is 0.681. The van der Waals surface area contributed by atoms with Crippen LogP contribution in [0.4, 0.5) is 0 Å². The molecule has 0 saturated carbocycles. The first-order valence-electron chi connectivity index (χ1n) is 4.20. The van der Waals surface area contributed by atoms with Gasteiger partial charge in [-0.3, -0.25) is 4.40 Å². The Hall–Kier alpha value is -0.960. The molecule has 1 atom stereocenters. The SMILES string of the molecule is [O-][NH+](O)/C=C/c1ccn2c(I)cnc2c1. The Morgan fingerprint density at radius 2 is 2.40 bits per heavy atom. The number of aromatic nitrogens is 2. The van der Waals surface area contributed by atoms with Crippen LogP contribution in [-0.4, -0.2) is 14.6 Å². The normalized spacial score (nSPS) is 13.8. The van der Waals surface area contributed by atoms with Crippen molar-refractivity contribution >= 4 is 34.3 Å². The Kier molecular flexibility index (Phi) is 3.00. The summed E-state index contributed by atoms with van der Waals surface area (Å²) < 4.78 is 2.95. The summed E-state index contributed by atoms with van der Waals surface area (Å²) in [5.74, 6) is 0. The van der Waals surface area contributed by atoms with Crippen molar-refractivity contribution in [2.24, 2.45) is 0 Å². The van der Waals surface area contributed by atoms with Crippen LogP contribution in [0.3, 0.4) is 0 Å². The lowest BCUT2D eigenvalue weighted by Gasteiger charge is -2.04. The fraction of sp³-hybridized carbons (Fsp3) is 0. The fourth-order valence-corrected chi connectivity index (χ4v) is 1.78. The molecule has 0 aliphatic carbocycles. The van der Waals surface area contributed by atoms with Gasteiger partial charge in [0, 0.05) is 12.3 Å². The minimum absolute atomic E-state index is 0.812. The molecule has 78 valence electrons. The molecule has 6 heteroatoms. The molecule has 5 nitrogen and oxygen atoms in total. The molecule has 2 aromatic heterocycles. The molecule has 1 unspecified atom stereocenters. The molecule has 15 heavy (non-hydrogen) atoms. The Bertz CT molecular complexity index is 507. The number of nitrogens with one attached hydrogen (secondary N) is 1. The predicted molar refractivity (Wildman–Crippen MR) is 63.1 cm³/mol. The van der Waals surface area contributed by atoms with Crippen LogP contribution in [0, 0.1) is 8.91 Å². The number of hydrogen-bond acceptors (Lipinski definition) is 3. The van der Waals surface area contributed by atoms with Gasteiger partial charge in [0.2, 0.25) is 0 Å². The topological polar surface area (TPSA) is 65.0 Å². The van der Waals surface area contributed by atoms with E-state index in [1.165, 1.54) is 0 Å². The van der Waals surface area contributed by atoms with Crippen molar-refractivity contribution in [1.29, 1.82) is 0 Å². The summed E-state index contributed by atoms with van der Waals surface area (Å²) in [6, 6.07) is 3.68. The highest BCUT2D eigenvalue weighted by Crippen LogP contribution is 2.11. The lowest BCUT2D eigenvalue weighted by molar-refractivity contribution is -1.00. The molecule has 0 fully saturated rings. The first-order chi connectivity index (χ1) is 7.16. The Morgan fingerprint density at radius 3 is 3.13 bits per heavy atom. The zero-order chi connectivity index (χ0) is 10.8. The van der Waals surface area contributed by atoms with E-state index in [1.807, 2.05) is 22.7 Å². The zero-order valence-corrected chi connectivity index (χ0v) is 9.75. The molecule has 2 aromatic rings. The van der Waals surface area contributed by atoms with Crippen molar-refractivity contribution in [2.75, 3.05) is 0 Å². The van der Waals surface area contributed by atoms with Crippen molar-refractivity contribution in [3.63, 3.8) is 0 Å². The van der Waals surface area contributed by atoms with Gasteiger partial charge in [-0.05, 0) is 40.3 Å². The number of hydroxylamine groups is 2. The lowest BCUT2D eigenvalue weighted by Crippen LogP contribution is -2.99. The van der Waals surface area contributed by atoms with Gasteiger partial charge >= 0.3 is 0 Å². The second kappa shape index (κ2) is 4.27. The Morgan fingerprint density at radius 1 is 1.60 bits per heavy atom. The van der Waals surface area contributed by atoms with E-state index < -0.39 is 5.23 Å². The Labute approximate surface area is 99.3 Å². The first kappa shape index (κ1) is 10.6. The van der Waals surface area contributed by atoms with Gasteiger partial charge < -0.3 is 5.21 Å². The molecule has 0 radical (unpaired) electrons. The summed E-state index contributed by atoms with van der Waals surface area (Å²) in [4.78, 5) is 4.18. The number of hydrogen-bond donors (Lipinski definition) is 2. The van der Waals surface area contributed by atoms with Gasteiger partial charge in [-0.15, -0.1) is 0 Å². The van der Waals surface area contributed by atoms with Crippen LogP contribution >= 0.6 is 22.6 Å². The summed E-state index contributed by atoms with van der Waals surface area (Å²) in [5.41, 5.74) is 1.64. The molecule has 2 heterocycles.